The predicted octanol–water partition coefficient (Wildman–Crippen LogP) is 2.17. The lowest BCUT2D eigenvalue weighted by Gasteiger charge is -2.36. The van der Waals surface area contributed by atoms with Gasteiger partial charge in [0.25, 0.3) is 0 Å². The summed E-state index contributed by atoms with van der Waals surface area (Å²) in [6.45, 7) is 5.42. The van der Waals surface area contributed by atoms with Crippen LogP contribution in [-0.2, 0) is 18.3 Å². The number of nitrogens with one attached hydrogen (secondary N) is 2. The maximum atomic E-state index is 14.3. The highest BCUT2D eigenvalue weighted by atomic mass is 19.1. The number of amides is 1. The molecule has 2 aliphatic heterocycles. The Kier molecular flexibility index (Phi) is 5.21. The first-order valence-corrected chi connectivity index (χ1v) is 9.98. The summed E-state index contributed by atoms with van der Waals surface area (Å²) in [4.78, 5) is 14.8. The number of rotatable bonds is 4. The number of piperidine rings is 1. The lowest BCUT2D eigenvalue weighted by Crippen LogP contribution is -2.47. The van der Waals surface area contributed by atoms with Gasteiger partial charge in [0.1, 0.15) is 5.82 Å². The molecule has 2 saturated heterocycles. The van der Waals surface area contributed by atoms with E-state index in [4.69, 9.17) is 0 Å². The van der Waals surface area contributed by atoms with Crippen LogP contribution < -0.4 is 10.9 Å². The fraction of sp³-hybridized carbons (Fsp3) is 0.524. The molecule has 0 bridgehead atoms. The number of nitrogens with zero attached hydrogens (tertiary/aromatic N) is 3. The molecule has 150 valence electrons. The van der Waals surface area contributed by atoms with Gasteiger partial charge in [0.2, 0.25) is 5.91 Å². The average Bonchev–Trinajstić information content (AvgIpc) is 3.20. The molecular formula is C21H28FN5O. The van der Waals surface area contributed by atoms with Crippen molar-refractivity contribution in [2.75, 3.05) is 13.1 Å². The number of likely N-dealkylation sites (tertiary alicyclic amines) is 1. The number of hydrazine groups is 1. The second-order valence-corrected chi connectivity index (χ2v) is 7.96. The van der Waals surface area contributed by atoms with Crippen molar-refractivity contribution in [3.8, 4) is 0 Å². The molecule has 1 aromatic carbocycles. The van der Waals surface area contributed by atoms with E-state index in [1.165, 1.54) is 11.6 Å². The zero-order valence-electron chi connectivity index (χ0n) is 16.7. The molecule has 3 heterocycles. The summed E-state index contributed by atoms with van der Waals surface area (Å²) in [5.41, 5.74) is 10.5. The summed E-state index contributed by atoms with van der Waals surface area (Å²) in [6.07, 6.45) is 2.07. The molecule has 4 rings (SSSR count). The largest absolute Gasteiger partial charge is 0.342 e. The number of hydrogen-bond acceptors (Lipinski definition) is 4. The zero-order chi connectivity index (χ0) is 19.8. The van der Waals surface area contributed by atoms with E-state index in [9.17, 15) is 9.18 Å². The van der Waals surface area contributed by atoms with Gasteiger partial charge in [0.05, 0.1) is 11.7 Å². The maximum absolute atomic E-state index is 14.3. The van der Waals surface area contributed by atoms with Gasteiger partial charge in [-0.25, -0.2) is 9.82 Å². The number of carbonyl (C=O) groups is 1. The van der Waals surface area contributed by atoms with E-state index in [0.29, 0.717) is 24.9 Å². The summed E-state index contributed by atoms with van der Waals surface area (Å²) in [6, 6.07) is 7.02. The molecule has 0 radical (unpaired) electrons. The number of aryl methyl sites for hydroxylation is 2. The van der Waals surface area contributed by atoms with Crippen molar-refractivity contribution in [1.29, 1.82) is 0 Å². The van der Waals surface area contributed by atoms with Crippen molar-refractivity contribution in [3.63, 3.8) is 0 Å². The van der Waals surface area contributed by atoms with E-state index < -0.39 is 0 Å². The van der Waals surface area contributed by atoms with Crippen molar-refractivity contribution in [2.45, 2.75) is 45.2 Å². The van der Waals surface area contributed by atoms with Crippen LogP contribution in [0.3, 0.4) is 0 Å². The molecule has 3 unspecified atom stereocenters. The monoisotopic (exact) mass is 385 g/mol. The lowest BCUT2D eigenvalue weighted by atomic mass is 9.84. The van der Waals surface area contributed by atoms with Crippen molar-refractivity contribution >= 4 is 5.91 Å². The van der Waals surface area contributed by atoms with E-state index in [0.717, 1.165) is 24.4 Å². The summed E-state index contributed by atoms with van der Waals surface area (Å²) >= 11 is 0. The number of carbonyl (C=O) groups excluding carboxylic acids is 1. The first-order chi connectivity index (χ1) is 13.5. The molecule has 2 aliphatic rings. The van der Waals surface area contributed by atoms with E-state index in [1.54, 1.807) is 6.07 Å². The lowest BCUT2D eigenvalue weighted by molar-refractivity contribution is -0.133. The van der Waals surface area contributed by atoms with Crippen LogP contribution in [0.15, 0.2) is 24.3 Å². The molecular weight excluding hydrogens is 357 g/mol. The van der Waals surface area contributed by atoms with Gasteiger partial charge in [-0.05, 0) is 38.3 Å². The summed E-state index contributed by atoms with van der Waals surface area (Å²) in [5.74, 6) is 0.130. The van der Waals surface area contributed by atoms with Gasteiger partial charge in [-0.2, -0.15) is 5.10 Å². The Bertz CT molecular complexity index is 880. The number of hydrogen-bond donors (Lipinski definition) is 2. The molecule has 2 aromatic rings. The molecule has 2 N–H and O–H groups in total. The van der Waals surface area contributed by atoms with Crippen molar-refractivity contribution in [3.05, 3.63) is 52.6 Å². The van der Waals surface area contributed by atoms with E-state index in [-0.39, 0.29) is 29.7 Å². The van der Waals surface area contributed by atoms with Gasteiger partial charge in [-0.1, -0.05) is 18.2 Å². The fourth-order valence-corrected chi connectivity index (χ4v) is 4.63. The van der Waals surface area contributed by atoms with E-state index in [2.05, 4.69) is 16.0 Å². The Labute approximate surface area is 165 Å². The third-order valence-electron chi connectivity index (χ3n) is 6.35. The third-order valence-corrected chi connectivity index (χ3v) is 6.35. The van der Waals surface area contributed by atoms with Crippen molar-refractivity contribution in [2.24, 2.45) is 13.0 Å². The highest BCUT2D eigenvalue weighted by Crippen LogP contribution is 2.35. The minimum atomic E-state index is -0.201. The second kappa shape index (κ2) is 7.64. The first kappa shape index (κ1) is 19.1. The van der Waals surface area contributed by atoms with Crippen LogP contribution in [0.5, 0.6) is 0 Å². The molecule has 0 aliphatic carbocycles. The Morgan fingerprint density at radius 1 is 1.29 bits per heavy atom. The highest BCUT2D eigenvalue weighted by molar-refractivity contribution is 5.76. The molecule has 7 heteroatoms. The molecule has 1 amide bonds. The molecule has 6 nitrogen and oxygen atoms in total. The summed E-state index contributed by atoms with van der Waals surface area (Å²) < 4.78 is 16.2. The van der Waals surface area contributed by atoms with Gasteiger partial charge in [-0.15, -0.1) is 0 Å². The fourth-order valence-electron chi connectivity index (χ4n) is 4.63. The normalized spacial score (nSPS) is 24.4. The van der Waals surface area contributed by atoms with Crippen LogP contribution in [0, 0.1) is 25.6 Å². The minimum Gasteiger partial charge on any atom is -0.342 e. The smallest absolute Gasteiger partial charge is 0.222 e. The number of fused-ring (bicyclic) bond motifs is 1. The third kappa shape index (κ3) is 3.44. The van der Waals surface area contributed by atoms with Crippen molar-refractivity contribution in [1.82, 2.24) is 25.5 Å². The van der Waals surface area contributed by atoms with Gasteiger partial charge < -0.3 is 4.90 Å². The van der Waals surface area contributed by atoms with Crippen LogP contribution in [0.2, 0.25) is 0 Å². The summed E-state index contributed by atoms with van der Waals surface area (Å²) in [5, 5.41) is 4.44. The minimum absolute atomic E-state index is 0.121. The summed E-state index contributed by atoms with van der Waals surface area (Å²) in [7, 11) is 1.93. The number of halogens is 1. The van der Waals surface area contributed by atoms with Gasteiger partial charge >= 0.3 is 0 Å². The maximum Gasteiger partial charge on any atom is 0.222 e. The average molecular weight is 385 g/mol. The van der Waals surface area contributed by atoms with Crippen LogP contribution in [-0.4, -0.2) is 39.7 Å². The Morgan fingerprint density at radius 2 is 2.07 bits per heavy atom. The molecule has 0 spiro atoms. The molecule has 1 aromatic heterocycles. The highest BCUT2D eigenvalue weighted by Gasteiger charge is 2.42. The Balaban J connectivity index is 1.42. The van der Waals surface area contributed by atoms with Gasteiger partial charge in [-0.3, -0.25) is 14.9 Å². The van der Waals surface area contributed by atoms with E-state index >= 15 is 0 Å². The first-order valence-electron chi connectivity index (χ1n) is 9.98. The van der Waals surface area contributed by atoms with Gasteiger partial charge in [0, 0.05) is 49.8 Å². The molecule has 0 saturated carbocycles. The molecule has 2 fully saturated rings. The Hall–Kier alpha value is -2.25. The number of benzene rings is 1. The number of aromatic nitrogens is 2. The molecule has 28 heavy (non-hydrogen) atoms. The van der Waals surface area contributed by atoms with Crippen LogP contribution >= 0.6 is 0 Å². The SMILES string of the molecule is Cc1nn(C)c(C)c1CCC(=O)N1CCC2NNC(c3ccccc3F)C2C1. The van der Waals surface area contributed by atoms with E-state index in [1.807, 2.05) is 42.6 Å². The predicted molar refractivity (Wildman–Crippen MR) is 105 cm³/mol. The van der Waals surface area contributed by atoms with Gasteiger partial charge in [0.15, 0.2) is 0 Å². The van der Waals surface area contributed by atoms with Crippen LogP contribution in [0.4, 0.5) is 4.39 Å². The standard InChI is InChI=1S/C21H28FN5O/c1-13-15(14(2)26(3)25-13)8-9-20(28)27-11-10-19-17(12-27)21(24-23-19)16-6-4-5-7-18(16)22/h4-7,17,19,21,23-24H,8-12H2,1-3H3. The molecule has 3 atom stereocenters. The zero-order valence-corrected chi connectivity index (χ0v) is 16.7. The Morgan fingerprint density at radius 3 is 2.79 bits per heavy atom. The second-order valence-electron chi connectivity index (χ2n) is 7.96. The van der Waals surface area contributed by atoms with Crippen molar-refractivity contribution < 1.29 is 9.18 Å². The quantitative estimate of drug-likeness (QED) is 0.847. The van der Waals surface area contributed by atoms with Crippen LogP contribution in [0.1, 0.15) is 41.4 Å². The topological polar surface area (TPSA) is 62.2 Å². The van der Waals surface area contributed by atoms with Crippen LogP contribution in [0.25, 0.3) is 0 Å².